The lowest BCUT2D eigenvalue weighted by atomic mass is 10.4. The fraction of sp³-hybridized carbons (Fsp3) is 0.429. The Bertz CT molecular complexity index is 279. The van der Waals surface area contributed by atoms with Crippen LogP contribution in [-0.2, 0) is 0 Å². The van der Waals surface area contributed by atoms with Gasteiger partial charge in [-0.2, -0.15) is 4.98 Å². The molecule has 1 aromatic rings. The van der Waals surface area contributed by atoms with Gasteiger partial charge in [-0.05, 0) is 0 Å². The number of hydrogen-bond donors (Lipinski definition) is 3. The summed E-state index contributed by atoms with van der Waals surface area (Å²) < 4.78 is 4.89. The summed E-state index contributed by atoms with van der Waals surface area (Å²) in [4.78, 5) is 7.69. The van der Waals surface area contributed by atoms with Crippen LogP contribution >= 0.6 is 0 Å². The van der Waals surface area contributed by atoms with Crippen molar-refractivity contribution in [2.45, 2.75) is 0 Å². The molecule has 0 aliphatic rings. The number of aliphatic hydroxyl groups excluding tert-OH is 1. The molecule has 0 fully saturated rings. The smallest absolute Gasteiger partial charge is 0.242 e. The van der Waals surface area contributed by atoms with Gasteiger partial charge in [0, 0.05) is 6.54 Å². The summed E-state index contributed by atoms with van der Waals surface area (Å²) >= 11 is 0. The number of ether oxygens (including phenoxy) is 1. The van der Waals surface area contributed by atoms with Crippen LogP contribution in [0.15, 0.2) is 6.33 Å². The van der Waals surface area contributed by atoms with Crippen molar-refractivity contribution in [3.63, 3.8) is 0 Å². The quantitative estimate of drug-likeness (QED) is 0.582. The lowest BCUT2D eigenvalue weighted by Crippen LogP contribution is -2.10. The zero-order valence-electron chi connectivity index (χ0n) is 7.32. The largest absolute Gasteiger partial charge is 0.479 e. The Morgan fingerprint density at radius 2 is 2.38 bits per heavy atom. The van der Waals surface area contributed by atoms with Crippen molar-refractivity contribution in [1.82, 2.24) is 9.97 Å². The van der Waals surface area contributed by atoms with Gasteiger partial charge in [0.25, 0.3) is 0 Å². The summed E-state index contributed by atoms with van der Waals surface area (Å²) in [6.45, 7) is 0.413. The maximum atomic E-state index is 8.57. The Hall–Kier alpha value is -1.56. The van der Waals surface area contributed by atoms with Crippen LogP contribution in [-0.4, -0.2) is 35.3 Å². The molecule has 0 bridgehead atoms. The highest BCUT2D eigenvalue weighted by Crippen LogP contribution is 2.23. The molecule has 0 aromatic carbocycles. The van der Waals surface area contributed by atoms with Crippen LogP contribution in [0.25, 0.3) is 0 Å². The molecule has 0 aliphatic heterocycles. The van der Waals surface area contributed by atoms with E-state index >= 15 is 0 Å². The molecule has 0 spiro atoms. The van der Waals surface area contributed by atoms with Gasteiger partial charge in [-0.1, -0.05) is 0 Å². The van der Waals surface area contributed by atoms with Crippen molar-refractivity contribution in [2.24, 2.45) is 0 Å². The zero-order valence-corrected chi connectivity index (χ0v) is 7.32. The second kappa shape index (κ2) is 4.46. The van der Waals surface area contributed by atoms with Crippen molar-refractivity contribution < 1.29 is 9.84 Å². The molecule has 1 heterocycles. The Morgan fingerprint density at radius 1 is 1.62 bits per heavy atom. The molecule has 1 rings (SSSR count). The van der Waals surface area contributed by atoms with Gasteiger partial charge in [0.2, 0.25) is 5.88 Å². The molecule has 13 heavy (non-hydrogen) atoms. The molecule has 0 aliphatic carbocycles. The number of nitrogens with zero attached hydrogens (tertiary/aromatic N) is 2. The highest BCUT2D eigenvalue weighted by Gasteiger charge is 2.06. The molecular formula is C7H12N4O2. The van der Waals surface area contributed by atoms with Gasteiger partial charge in [-0.15, -0.1) is 0 Å². The third kappa shape index (κ3) is 2.19. The molecule has 1 aromatic heterocycles. The molecular weight excluding hydrogens is 172 g/mol. The van der Waals surface area contributed by atoms with Crippen LogP contribution in [0.1, 0.15) is 0 Å². The van der Waals surface area contributed by atoms with E-state index in [1.165, 1.54) is 13.4 Å². The van der Waals surface area contributed by atoms with E-state index in [0.717, 1.165) is 0 Å². The summed E-state index contributed by atoms with van der Waals surface area (Å²) in [6.07, 6.45) is 1.34. The van der Waals surface area contributed by atoms with E-state index in [1.807, 2.05) is 0 Å². The first kappa shape index (κ1) is 9.53. The van der Waals surface area contributed by atoms with E-state index in [9.17, 15) is 0 Å². The third-order valence-corrected chi connectivity index (χ3v) is 1.44. The number of anilines is 2. The number of aromatic nitrogens is 2. The predicted molar refractivity (Wildman–Crippen MR) is 48.6 cm³/mol. The van der Waals surface area contributed by atoms with Crippen LogP contribution in [0, 0.1) is 0 Å². The number of rotatable bonds is 4. The third-order valence-electron chi connectivity index (χ3n) is 1.44. The van der Waals surface area contributed by atoms with Gasteiger partial charge in [-0.3, -0.25) is 0 Å². The van der Waals surface area contributed by atoms with E-state index in [1.54, 1.807) is 0 Å². The van der Waals surface area contributed by atoms with Crippen molar-refractivity contribution in [2.75, 3.05) is 31.3 Å². The number of methoxy groups -OCH3 is 1. The normalized spacial score (nSPS) is 9.69. The SMILES string of the molecule is COc1ncnc(NCCO)c1N. The molecule has 0 saturated heterocycles. The average molecular weight is 184 g/mol. The topological polar surface area (TPSA) is 93.3 Å². The minimum Gasteiger partial charge on any atom is -0.479 e. The van der Waals surface area contributed by atoms with Crippen LogP contribution in [0.4, 0.5) is 11.5 Å². The molecule has 6 nitrogen and oxygen atoms in total. The zero-order chi connectivity index (χ0) is 9.68. The second-order valence-corrected chi connectivity index (χ2v) is 2.30. The minimum absolute atomic E-state index is 0.0196. The molecule has 0 radical (unpaired) electrons. The summed E-state index contributed by atoms with van der Waals surface area (Å²) in [5.74, 6) is 0.802. The maximum Gasteiger partial charge on any atom is 0.242 e. The fourth-order valence-corrected chi connectivity index (χ4v) is 0.857. The molecule has 4 N–H and O–H groups in total. The number of nitrogen functional groups attached to an aromatic ring is 1. The van der Waals surface area contributed by atoms with E-state index in [0.29, 0.717) is 23.9 Å². The highest BCUT2D eigenvalue weighted by molar-refractivity contribution is 5.66. The van der Waals surface area contributed by atoms with E-state index < -0.39 is 0 Å². The number of nitrogens with one attached hydrogen (secondary N) is 1. The van der Waals surface area contributed by atoms with Crippen LogP contribution < -0.4 is 15.8 Å². The second-order valence-electron chi connectivity index (χ2n) is 2.30. The lowest BCUT2D eigenvalue weighted by Gasteiger charge is -2.08. The fourth-order valence-electron chi connectivity index (χ4n) is 0.857. The molecule has 0 saturated carbocycles. The van der Waals surface area contributed by atoms with Crippen molar-refractivity contribution in [3.05, 3.63) is 6.33 Å². The Morgan fingerprint density at radius 3 is 3.00 bits per heavy atom. The Labute approximate surface area is 75.8 Å². The van der Waals surface area contributed by atoms with E-state index in [2.05, 4.69) is 15.3 Å². The summed E-state index contributed by atoms with van der Waals surface area (Å²) in [5.41, 5.74) is 5.99. The van der Waals surface area contributed by atoms with E-state index in [-0.39, 0.29) is 6.61 Å². The Kier molecular flexibility index (Phi) is 3.27. The predicted octanol–water partition coefficient (Wildman–Crippen LogP) is -0.528. The van der Waals surface area contributed by atoms with Gasteiger partial charge in [0.15, 0.2) is 5.82 Å². The van der Waals surface area contributed by atoms with Crippen molar-refractivity contribution in [3.8, 4) is 5.88 Å². The van der Waals surface area contributed by atoms with Gasteiger partial charge in [0.1, 0.15) is 12.0 Å². The molecule has 0 atom stereocenters. The monoisotopic (exact) mass is 184 g/mol. The number of aliphatic hydroxyl groups is 1. The molecule has 6 heteroatoms. The van der Waals surface area contributed by atoms with Crippen LogP contribution in [0.5, 0.6) is 5.88 Å². The number of hydrogen-bond acceptors (Lipinski definition) is 6. The summed E-state index contributed by atoms with van der Waals surface area (Å²) in [5, 5.41) is 11.4. The molecule has 0 amide bonds. The maximum absolute atomic E-state index is 8.57. The van der Waals surface area contributed by atoms with Crippen molar-refractivity contribution in [1.29, 1.82) is 0 Å². The molecule has 72 valence electrons. The highest BCUT2D eigenvalue weighted by atomic mass is 16.5. The number of nitrogens with two attached hydrogens (primary N) is 1. The van der Waals surface area contributed by atoms with E-state index in [4.69, 9.17) is 15.6 Å². The summed E-state index contributed by atoms with van der Waals surface area (Å²) in [7, 11) is 1.48. The Balaban J connectivity index is 2.81. The molecule has 0 unspecified atom stereocenters. The first-order valence-corrected chi connectivity index (χ1v) is 3.78. The van der Waals surface area contributed by atoms with Gasteiger partial charge >= 0.3 is 0 Å². The van der Waals surface area contributed by atoms with Gasteiger partial charge < -0.3 is 20.9 Å². The minimum atomic E-state index is 0.0196. The standard InChI is InChI=1S/C7H12N4O2/c1-13-7-5(8)6(9-2-3-12)10-4-11-7/h4,12H,2-3,8H2,1H3,(H,9,10,11). The average Bonchev–Trinajstić information content (AvgIpc) is 2.16. The van der Waals surface area contributed by atoms with Gasteiger partial charge in [0.05, 0.1) is 13.7 Å². The van der Waals surface area contributed by atoms with Crippen LogP contribution in [0.3, 0.4) is 0 Å². The summed E-state index contributed by atoms with van der Waals surface area (Å²) in [6, 6.07) is 0. The van der Waals surface area contributed by atoms with Crippen LogP contribution in [0.2, 0.25) is 0 Å². The lowest BCUT2D eigenvalue weighted by molar-refractivity contribution is 0.311. The first-order chi connectivity index (χ1) is 6.29. The van der Waals surface area contributed by atoms with Crippen molar-refractivity contribution >= 4 is 11.5 Å². The first-order valence-electron chi connectivity index (χ1n) is 3.78. The van der Waals surface area contributed by atoms with Gasteiger partial charge in [-0.25, -0.2) is 4.98 Å².